The molecular weight excluding hydrogens is 242 g/mol. The summed E-state index contributed by atoms with van der Waals surface area (Å²) in [6, 6.07) is 3.38. The van der Waals surface area contributed by atoms with Gasteiger partial charge in [0, 0.05) is 5.69 Å². The molecule has 1 aliphatic heterocycles. The van der Waals surface area contributed by atoms with Crippen LogP contribution in [-0.2, 0) is 9.84 Å². The minimum absolute atomic E-state index is 0.0131. The van der Waals surface area contributed by atoms with Crippen LogP contribution in [0.2, 0.25) is 0 Å². The molecule has 0 spiro atoms. The molecule has 1 fully saturated rings. The van der Waals surface area contributed by atoms with E-state index in [-0.39, 0.29) is 23.3 Å². The largest absolute Gasteiger partial charge is 0.487 e. The van der Waals surface area contributed by atoms with E-state index in [1.165, 1.54) is 0 Å². The van der Waals surface area contributed by atoms with Crippen LogP contribution in [0.25, 0.3) is 0 Å². The first-order valence-corrected chi connectivity index (χ1v) is 7.12. The third-order valence-electron chi connectivity index (χ3n) is 2.62. The number of pyridine rings is 1. The molecule has 1 aliphatic rings. The Kier molecular flexibility index (Phi) is 3.15. The molecule has 1 saturated heterocycles. The Morgan fingerprint density at radius 2 is 2.24 bits per heavy atom. The van der Waals surface area contributed by atoms with Gasteiger partial charge in [-0.15, -0.1) is 0 Å². The zero-order valence-corrected chi connectivity index (χ0v) is 10.2. The van der Waals surface area contributed by atoms with Gasteiger partial charge in [-0.05, 0) is 25.5 Å². The Labute approximate surface area is 99.7 Å². The molecule has 1 unspecified atom stereocenters. The van der Waals surface area contributed by atoms with Crippen LogP contribution < -0.4 is 4.74 Å². The normalized spacial score (nSPS) is 22.3. The van der Waals surface area contributed by atoms with Crippen LogP contribution in [0, 0.1) is 6.92 Å². The van der Waals surface area contributed by atoms with Crippen LogP contribution in [0.1, 0.15) is 22.6 Å². The van der Waals surface area contributed by atoms with E-state index in [1.54, 1.807) is 19.1 Å². The molecule has 0 saturated carbocycles. The van der Waals surface area contributed by atoms with Gasteiger partial charge in [-0.3, -0.25) is 4.79 Å². The topological polar surface area (TPSA) is 73.3 Å². The summed E-state index contributed by atoms with van der Waals surface area (Å²) in [5, 5.41) is 0. The van der Waals surface area contributed by atoms with E-state index in [2.05, 4.69) is 4.98 Å². The number of sulfone groups is 1. The van der Waals surface area contributed by atoms with Gasteiger partial charge in [-0.1, -0.05) is 0 Å². The van der Waals surface area contributed by atoms with Crippen molar-refractivity contribution >= 4 is 16.1 Å². The summed E-state index contributed by atoms with van der Waals surface area (Å²) in [7, 11) is -2.98. The maximum absolute atomic E-state index is 11.3. The second kappa shape index (κ2) is 4.44. The van der Waals surface area contributed by atoms with Crippen LogP contribution in [-0.4, -0.2) is 37.3 Å². The maximum atomic E-state index is 11.3. The van der Waals surface area contributed by atoms with Crippen molar-refractivity contribution in [3.8, 4) is 5.75 Å². The lowest BCUT2D eigenvalue weighted by Crippen LogP contribution is -2.18. The van der Waals surface area contributed by atoms with Crippen molar-refractivity contribution in [2.75, 3.05) is 11.5 Å². The van der Waals surface area contributed by atoms with E-state index >= 15 is 0 Å². The highest BCUT2D eigenvalue weighted by atomic mass is 32.2. The number of aldehydes is 1. The Morgan fingerprint density at radius 1 is 1.47 bits per heavy atom. The highest BCUT2D eigenvalue weighted by Crippen LogP contribution is 2.21. The van der Waals surface area contributed by atoms with E-state index < -0.39 is 9.84 Å². The summed E-state index contributed by atoms with van der Waals surface area (Å²) in [6.07, 6.45) is 0.712. The summed E-state index contributed by atoms with van der Waals surface area (Å²) in [5.74, 6) is 0.514. The average molecular weight is 255 g/mol. The van der Waals surface area contributed by atoms with Crippen LogP contribution in [0.15, 0.2) is 12.1 Å². The number of rotatable bonds is 3. The van der Waals surface area contributed by atoms with Crippen molar-refractivity contribution in [2.24, 2.45) is 0 Å². The Morgan fingerprint density at radius 3 is 2.82 bits per heavy atom. The monoisotopic (exact) mass is 255 g/mol. The number of nitrogens with zero attached hydrogens (tertiary/aromatic N) is 1. The van der Waals surface area contributed by atoms with Crippen LogP contribution >= 0.6 is 0 Å². The van der Waals surface area contributed by atoms with Crippen molar-refractivity contribution in [1.29, 1.82) is 0 Å². The fourth-order valence-corrected chi connectivity index (χ4v) is 3.37. The van der Waals surface area contributed by atoms with Gasteiger partial charge in [0.05, 0.1) is 11.5 Å². The molecule has 0 bridgehead atoms. The van der Waals surface area contributed by atoms with Gasteiger partial charge >= 0.3 is 0 Å². The minimum Gasteiger partial charge on any atom is -0.487 e. The molecule has 17 heavy (non-hydrogen) atoms. The second-order valence-electron chi connectivity index (χ2n) is 4.10. The summed E-state index contributed by atoms with van der Waals surface area (Å²) in [4.78, 5) is 14.8. The zero-order valence-electron chi connectivity index (χ0n) is 9.42. The number of hydrogen-bond acceptors (Lipinski definition) is 5. The molecular formula is C11H13NO4S. The lowest BCUT2D eigenvalue weighted by molar-refractivity contribution is 0.111. The molecule has 92 valence electrons. The molecule has 1 aromatic rings. The Hall–Kier alpha value is -1.43. The highest BCUT2D eigenvalue weighted by Gasteiger charge is 2.29. The molecule has 2 heterocycles. The van der Waals surface area contributed by atoms with Gasteiger partial charge in [-0.25, -0.2) is 13.4 Å². The predicted octanol–water partition coefficient (Wildman–Crippen LogP) is 0.768. The summed E-state index contributed by atoms with van der Waals surface area (Å²) >= 11 is 0. The van der Waals surface area contributed by atoms with Crippen molar-refractivity contribution in [1.82, 2.24) is 4.98 Å². The third-order valence-corrected chi connectivity index (χ3v) is 4.36. The lowest BCUT2D eigenvalue weighted by atomic mass is 10.2. The fraction of sp³-hybridized carbons (Fsp3) is 0.455. The number of carbonyl (C=O) groups excluding carboxylic acids is 1. The molecule has 6 heteroatoms. The van der Waals surface area contributed by atoms with E-state index in [0.29, 0.717) is 18.5 Å². The first kappa shape index (κ1) is 12.0. The second-order valence-corrected chi connectivity index (χ2v) is 6.33. The first-order valence-electron chi connectivity index (χ1n) is 5.30. The molecule has 0 N–H and O–H groups in total. The fourth-order valence-electron chi connectivity index (χ4n) is 1.78. The summed E-state index contributed by atoms with van der Waals surface area (Å²) < 4.78 is 28.1. The molecule has 1 atom stereocenters. The summed E-state index contributed by atoms with van der Waals surface area (Å²) in [5.41, 5.74) is 0.938. The van der Waals surface area contributed by atoms with E-state index in [1.807, 2.05) is 0 Å². The minimum atomic E-state index is -2.98. The number of carbonyl (C=O) groups is 1. The lowest BCUT2D eigenvalue weighted by Gasteiger charge is -2.13. The molecule has 0 amide bonds. The van der Waals surface area contributed by atoms with Crippen LogP contribution in [0.5, 0.6) is 5.75 Å². The summed E-state index contributed by atoms with van der Waals surface area (Å²) in [6.45, 7) is 1.77. The maximum Gasteiger partial charge on any atom is 0.172 e. The van der Waals surface area contributed by atoms with E-state index in [9.17, 15) is 13.2 Å². The quantitative estimate of drug-likeness (QED) is 0.746. The van der Waals surface area contributed by atoms with Gasteiger partial charge in [0.2, 0.25) is 0 Å². The first-order chi connectivity index (χ1) is 8.00. The number of ether oxygens (including phenoxy) is 1. The van der Waals surface area contributed by atoms with Gasteiger partial charge in [0.15, 0.2) is 16.1 Å². The number of hydrogen-bond donors (Lipinski definition) is 0. The average Bonchev–Trinajstić information content (AvgIpc) is 2.61. The van der Waals surface area contributed by atoms with Crippen molar-refractivity contribution in [2.45, 2.75) is 19.4 Å². The van der Waals surface area contributed by atoms with Gasteiger partial charge < -0.3 is 4.74 Å². The number of aryl methyl sites for hydroxylation is 1. The van der Waals surface area contributed by atoms with Crippen molar-refractivity contribution < 1.29 is 17.9 Å². The predicted molar refractivity (Wildman–Crippen MR) is 62.0 cm³/mol. The van der Waals surface area contributed by atoms with Crippen molar-refractivity contribution in [3.05, 3.63) is 23.5 Å². The molecule has 0 radical (unpaired) electrons. The number of aromatic nitrogens is 1. The van der Waals surface area contributed by atoms with Gasteiger partial charge in [-0.2, -0.15) is 0 Å². The van der Waals surface area contributed by atoms with Gasteiger partial charge in [0.1, 0.15) is 17.5 Å². The SMILES string of the molecule is Cc1ccc(OC2CCS(=O)(=O)C2)c(C=O)n1. The third kappa shape index (κ3) is 2.82. The zero-order chi connectivity index (χ0) is 12.5. The molecule has 0 aromatic carbocycles. The van der Waals surface area contributed by atoms with E-state index in [4.69, 9.17) is 4.74 Å². The van der Waals surface area contributed by atoms with E-state index in [0.717, 1.165) is 5.69 Å². The molecule has 2 rings (SSSR count). The standard InChI is InChI=1S/C11H13NO4S/c1-8-2-3-11(10(6-13)12-8)16-9-4-5-17(14,15)7-9/h2-3,6,9H,4-5,7H2,1H3. The van der Waals surface area contributed by atoms with Crippen LogP contribution in [0.3, 0.4) is 0 Å². The van der Waals surface area contributed by atoms with Crippen LogP contribution in [0.4, 0.5) is 0 Å². The highest BCUT2D eigenvalue weighted by molar-refractivity contribution is 7.91. The smallest absolute Gasteiger partial charge is 0.172 e. The van der Waals surface area contributed by atoms with Gasteiger partial charge in [0.25, 0.3) is 0 Å². The molecule has 1 aromatic heterocycles. The Bertz CT molecular complexity index is 538. The Balaban J connectivity index is 2.17. The van der Waals surface area contributed by atoms with Crippen molar-refractivity contribution in [3.63, 3.8) is 0 Å². The molecule has 0 aliphatic carbocycles. The molecule has 5 nitrogen and oxygen atoms in total.